The number of carbonyl (C=O) groups excluding carboxylic acids is 2. The monoisotopic (exact) mass is 446 g/mol. The second-order valence-corrected chi connectivity index (χ2v) is 7.56. The van der Waals surface area contributed by atoms with E-state index in [2.05, 4.69) is 15.2 Å². The molecule has 1 N–H and O–H groups in total. The fourth-order valence-corrected chi connectivity index (χ4v) is 3.56. The van der Waals surface area contributed by atoms with E-state index in [1.54, 1.807) is 49.7 Å². The van der Waals surface area contributed by atoms with Crippen molar-refractivity contribution < 1.29 is 19.1 Å². The van der Waals surface area contributed by atoms with Crippen molar-refractivity contribution in [1.82, 2.24) is 9.88 Å². The molecule has 0 spiro atoms. The normalized spacial score (nSPS) is 13.4. The molecule has 1 aromatic heterocycles. The lowest BCUT2D eigenvalue weighted by Crippen LogP contribution is -2.49. The second-order valence-electron chi connectivity index (χ2n) is 7.56. The van der Waals surface area contributed by atoms with Gasteiger partial charge >= 0.3 is 0 Å². The summed E-state index contributed by atoms with van der Waals surface area (Å²) in [5, 5.41) is 2.78. The highest BCUT2D eigenvalue weighted by Crippen LogP contribution is 2.18. The van der Waals surface area contributed by atoms with Crippen molar-refractivity contribution in [3.05, 3.63) is 78.5 Å². The van der Waals surface area contributed by atoms with Gasteiger partial charge in [-0.1, -0.05) is 18.2 Å². The third kappa shape index (κ3) is 5.79. The number of aromatic nitrogens is 1. The van der Waals surface area contributed by atoms with Crippen LogP contribution >= 0.6 is 0 Å². The Morgan fingerprint density at radius 2 is 1.64 bits per heavy atom. The maximum Gasteiger partial charge on any atom is 0.262 e. The summed E-state index contributed by atoms with van der Waals surface area (Å²) in [5.41, 5.74) is 1.26. The van der Waals surface area contributed by atoms with Crippen LogP contribution in [0.4, 0.5) is 11.5 Å². The number of hydrogen-bond acceptors (Lipinski definition) is 6. The highest BCUT2D eigenvalue weighted by molar-refractivity contribution is 5.94. The number of ether oxygens (including phenoxy) is 2. The Bertz CT molecular complexity index is 1060. The van der Waals surface area contributed by atoms with Gasteiger partial charge in [-0.2, -0.15) is 0 Å². The first-order chi connectivity index (χ1) is 16.1. The summed E-state index contributed by atoms with van der Waals surface area (Å²) in [5.74, 6) is 1.95. The Kier molecular flexibility index (Phi) is 7.04. The van der Waals surface area contributed by atoms with Crippen molar-refractivity contribution in [2.45, 2.75) is 0 Å². The van der Waals surface area contributed by atoms with E-state index in [4.69, 9.17) is 9.47 Å². The molecule has 8 heteroatoms. The number of nitrogens with zero attached hydrogens (tertiary/aromatic N) is 3. The van der Waals surface area contributed by atoms with Gasteiger partial charge in [-0.15, -0.1) is 0 Å². The number of hydrogen-bond donors (Lipinski definition) is 1. The van der Waals surface area contributed by atoms with E-state index in [-0.39, 0.29) is 18.4 Å². The first-order valence-electron chi connectivity index (χ1n) is 10.7. The molecule has 1 fully saturated rings. The van der Waals surface area contributed by atoms with Gasteiger partial charge in [0.25, 0.3) is 11.8 Å². The third-order valence-corrected chi connectivity index (χ3v) is 5.37. The van der Waals surface area contributed by atoms with E-state index in [1.165, 1.54) is 0 Å². The maximum atomic E-state index is 12.7. The molecule has 2 amide bonds. The van der Waals surface area contributed by atoms with Crippen LogP contribution in [0.2, 0.25) is 0 Å². The van der Waals surface area contributed by atoms with Crippen LogP contribution < -0.4 is 19.7 Å². The Labute approximate surface area is 192 Å². The molecule has 8 nitrogen and oxygen atoms in total. The van der Waals surface area contributed by atoms with Crippen molar-refractivity contribution in [3.8, 4) is 11.5 Å². The molecule has 0 saturated carbocycles. The van der Waals surface area contributed by atoms with Gasteiger partial charge in [0.05, 0.1) is 19.0 Å². The SMILES string of the molecule is COc1ccc(C(=O)N2CCN(c3ccc(NC(=O)COc4ccccc4)cn3)CC2)cc1. The summed E-state index contributed by atoms with van der Waals surface area (Å²) in [4.78, 5) is 33.3. The van der Waals surface area contributed by atoms with E-state index in [0.717, 1.165) is 11.6 Å². The lowest BCUT2D eigenvalue weighted by molar-refractivity contribution is -0.118. The zero-order chi connectivity index (χ0) is 23.0. The number of nitrogens with one attached hydrogen (secondary N) is 1. The number of rotatable bonds is 7. The molecule has 170 valence electrons. The van der Waals surface area contributed by atoms with Crippen molar-refractivity contribution in [2.75, 3.05) is 50.1 Å². The van der Waals surface area contributed by atoms with Gasteiger partial charge in [0.2, 0.25) is 0 Å². The van der Waals surface area contributed by atoms with Crippen LogP contribution in [0.3, 0.4) is 0 Å². The lowest BCUT2D eigenvalue weighted by atomic mass is 10.1. The zero-order valence-electron chi connectivity index (χ0n) is 18.4. The van der Waals surface area contributed by atoms with Crippen LogP contribution in [0.1, 0.15) is 10.4 Å². The Hall–Kier alpha value is -4.07. The van der Waals surface area contributed by atoms with Crippen molar-refractivity contribution in [2.24, 2.45) is 0 Å². The van der Waals surface area contributed by atoms with Gasteiger partial charge in [0, 0.05) is 31.7 Å². The minimum Gasteiger partial charge on any atom is -0.497 e. The van der Waals surface area contributed by atoms with Gasteiger partial charge in [0.1, 0.15) is 17.3 Å². The van der Waals surface area contributed by atoms with Gasteiger partial charge in [-0.25, -0.2) is 4.98 Å². The molecule has 33 heavy (non-hydrogen) atoms. The minimum atomic E-state index is -0.251. The number of carbonyl (C=O) groups is 2. The maximum absolute atomic E-state index is 12.7. The molecular formula is C25H26N4O4. The molecule has 2 aromatic carbocycles. The van der Waals surface area contributed by atoms with Crippen molar-refractivity contribution in [3.63, 3.8) is 0 Å². The highest BCUT2D eigenvalue weighted by Gasteiger charge is 2.23. The van der Waals surface area contributed by atoms with E-state index >= 15 is 0 Å². The molecule has 0 radical (unpaired) electrons. The predicted octanol–water partition coefficient (Wildman–Crippen LogP) is 3.07. The minimum absolute atomic E-state index is 0.0149. The van der Waals surface area contributed by atoms with Crippen LogP contribution in [-0.2, 0) is 4.79 Å². The Morgan fingerprint density at radius 3 is 2.27 bits per heavy atom. The number of benzene rings is 2. The first kappa shape index (κ1) is 22.1. The zero-order valence-corrected chi connectivity index (χ0v) is 18.4. The van der Waals surface area contributed by atoms with E-state index in [9.17, 15) is 9.59 Å². The molecule has 0 bridgehead atoms. The Morgan fingerprint density at radius 1 is 0.909 bits per heavy atom. The fourth-order valence-electron chi connectivity index (χ4n) is 3.56. The lowest BCUT2D eigenvalue weighted by Gasteiger charge is -2.35. The summed E-state index contributed by atoms with van der Waals surface area (Å²) in [6.07, 6.45) is 1.63. The van der Waals surface area contributed by atoms with Crippen LogP contribution in [-0.4, -0.2) is 61.6 Å². The molecule has 0 aliphatic carbocycles. The number of methoxy groups -OCH3 is 1. The standard InChI is InChI=1S/C25H26N4O4/c1-32-21-10-7-19(8-11-21)25(31)29-15-13-28(14-16-29)23-12-9-20(17-26-23)27-24(30)18-33-22-5-3-2-4-6-22/h2-12,17H,13-16,18H2,1H3,(H,27,30). The van der Waals surface area contributed by atoms with E-state index in [1.807, 2.05) is 35.2 Å². The van der Waals surface area contributed by atoms with Crippen LogP contribution in [0.5, 0.6) is 11.5 Å². The summed E-state index contributed by atoms with van der Waals surface area (Å²) in [7, 11) is 1.60. The van der Waals surface area contributed by atoms with Gasteiger partial charge in [0.15, 0.2) is 6.61 Å². The summed E-state index contributed by atoms with van der Waals surface area (Å²) >= 11 is 0. The van der Waals surface area contributed by atoms with Gasteiger partial charge < -0.3 is 24.6 Å². The largest absolute Gasteiger partial charge is 0.497 e. The fraction of sp³-hybridized carbons (Fsp3) is 0.240. The average Bonchev–Trinajstić information content (AvgIpc) is 2.88. The molecule has 4 rings (SSSR count). The van der Waals surface area contributed by atoms with Crippen LogP contribution in [0, 0.1) is 0 Å². The highest BCUT2D eigenvalue weighted by atomic mass is 16.5. The van der Waals surface area contributed by atoms with E-state index < -0.39 is 0 Å². The molecule has 0 unspecified atom stereocenters. The van der Waals surface area contributed by atoms with Crippen molar-refractivity contribution in [1.29, 1.82) is 0 Å². The molecule has 1 saturated heterocycles. The van der Waals surface area contributed by atoms with Gasteiger partial charge in [-0.05, 0) is 48.5 Å². The number of para-hydroxylation sites is 1. The topological polar surface area (TPSA) is 84.0 Å². The second kappa shape index (κ2) is 10.5. The first-order valence-corrected chi connectivity index (χ1v) is 10.7. The molecule has 0 atom stereocenters. The number of pyridine rings is 1. The van der Waals surface area contributed by atoms with Crippen molar-refractivity contribution >= 4 is 23.3 Å². The molecule has 1 aliphatic heterocycles. The summed E-state index contributed by atoms with van der Waals surface area (Å²) in [6.45, 7) is 2.52. The molecule has 3 aromatic rings. The average molecular weight is 447 g/mol. The van der Waals surface area contributed by atoms with E-state index in [0.29, 0.717) is 43.2 Å². The third-order valence-electron chi connectivity index (χ3n) is 5.37. The summed E-state index contributed by atoms with van der Waals surface area (Å²) < 4.78 is 10.6. The molecule has 1 aliphatic rings. The Balaban J connectivity index is 1.25. The number of anilines is 2. The number of amides is 2. The van der Waals surface area contributed by atoms with Crippen LogP contribution in [0.25, 0.3) is 0 Å². The summed E-state index contributed by atoms with van der Waals surface area (Å²) in [6, 6.07) is 20.0. The smallest absolute Gasteiger partial charge is 0.262 e. The quantitative estimate of drug-likeness (QED) is 0.601. The molecular weight excluding hydrogens is 420 g/mol. The van der Waals surface area contributed by atoms with Gasteiger partial charge in [-0.3, -0.25) is 9.59 Å². The number of piperazine rings is 1. The van der Waals surface area contributed by atoms with Crippen LogP contribution in [0.15, 0.2) is 72.9 Å². The molecule has 2 heterocycles. The predicted molar refractivity (Wildman–Crippen MR) is 126 cm³/mol.